The van der Waals surface area contributed by atoms with Crippen molar-refractivity contribution in [3.63, 3.8) is 0 Å². The summed E-state index contributed by atoms with van der Waals surface area (Å²) < 4.78 is 6.03. The van der Waals surface area contributed by atoms with Gasteiger partial charge in [-0.25, -0.2) is 0 Å². The van der Waals surface area contributed by atoms with Gasteiger partial charge in [0.15, 0.2) is 0 Å². The highest BCUT2D eigenvalue weighted by Crippen LogP contribution is 2.35. The fraction of sp³-hybridized carbons (Fsp3) is 0.600. The van der Waals surface area contributed by atoms with Crippen LogP contribution in [0.3, 0.4) is 0 Å². The topological polar surface area (TPSA) is 21.3 Å². The summed E-state index contributed by atoms with van der Waals surface area (Å²) in [5.41, 5.74) is 1.39. The Balaban J connectivity index is 1.62. The molecule has 1 aromatic rings. The monoisotopic (exact) mass is 231 g/mol. The van der Waals surface area contributed by atoms with E-state index in [0.717, 1.165) is 18.1 Å². The minimum Gasteiger partial charge on any atom is -0.490 e. The van der Waals surface area contributed by atoms with Crippen LogP contribution in [0.1, 0.15) is 31.2 Å². The Bertz CT molecular complexity index is 365. The molecular formula is C15H21NO. The molecule has 1 aromatic carbocycles. The van der Waals surface area contributed by atoms with Gasteiger partial charge in [-0.05, 0) is 43.9 Å². The van der Waals surface area contributed by atoms with Crippen molar-refractivity contribution in [2.24, 2.45) is 5.92 Å². The molecule has 2 aliphatic rings. The molecule has 1 aliphatic carbocycles. The molecular weight excluding hydrogens is 210 g/mol. The maximum absolute atomic E-state index is 6.03. The normalized spacial score (nSPS) is 31.2. The summed E-state index contributed by atoms with van der Waals surface area (Å²) in [6.45, 7) is 0. The smallest absolute Gasteiger partial charge is 0.123 e. The van der Waals surface area contributed by atoms with Gasteiger partial charge in [0.25, 0.3) is 0 Å². The average molecular weight is 231 g/mol. The van der Waals surface area contributed by atoms with Gasteiger partial charge in [-0.1, -0.05) is 24.6 Å². The second-order valence-corrected chi connectivity index (χ2v) is 5.37. The Kier molecular flexibility index (Phi) is 3.06. The summed E-state index contributed by atoms with van der Waals surface area (Å²) >= 11 is 0. The Morgan fingerprint density at radius 2 is 2.18 bits per heavy atom. The lowest BCUT2D eigenvalue weighted by Gasteiger charge is -2.22. The van der Waals surface area contributed by atoms with E-state index >= 15 is 0 Å². The third-order valence-electron chi connectivity index (χ3n) is 4.31. The fourth-order valence-electron chi connectivity index (χ4n) is 3.42. The maximum atomic E-state index is 6.03. The van der Waals surface area contributed by atoms with E-state index in [1.54, 1.807) is 0 Å². The number of rotatable bonds is 3. The summed E-state index contributed by atoms with van der Waals surface area (Å²) in [6, 6.07) is 9.17. The van der Waals surface area contributed by atoms with Crippen molar-refractivity contribution in [2.45, 2.75) is 44.2 Å². The van der Waals surface area contributed by atoms with E-state index in [-0.39, 0.29) is 0 Å². The van der Waals surface area contributed by atoms with Gasteiger partial charge >= 0.3 is 0 Å². The lowest BCUT2D eigenvalue weighted by molar-refractivity contribution is 0.185. The Hall–Kier alpha value is -1.02. The molecule has 0 radical (unpaired) electrons. The van der Waals surface area contributed by atoms with Crippen molar-refractivity contribution >= 4 is 0 Å². The zero-order valence-corrected chi connectivity index (χ0v) is 10.5. The molecule has 0 amide bonds. The summed E-state index contributed by atoms with van der Waals surface area (Å²) in [4.78, 5) is 0. The van der Waals surface area contributed by atoms with Gasteiger partial charge < -0.3 is 10.1 Å². The van der Waals surface area contributed by atoms with E-state index < -0.39 is 0 Å². The lowest BCUT2D eigenvalue weighted by Crippen LogP contribution is -2.32. The quantitative estimate of drug-likeness (QED) is 0.863. The molecule has 1 fully saturated rings. The second kappa shape index (κ2) is 4.69. The molecule has 0 saturated heterocycles. The highest BCUT2D eigenvalue weighted by atomic mass is 16.5. The third-order valence-corrected chi connectivity index (χ3v) is 4.31. The first-order valence-electron chi connectivity index (χ1n) is 6.78. The van der Waals surface area contributed by atoms with E-state index in [4.69, 9.17) is 4.74 Å². The number of nitrogens with one attached hydrogen (secondary N) is 1. The third kappa shape index (κ3) is 2.19. The Morgan fingerprint density at radius 1 is 1.29 bits per heavy atom. The molecule has 1 N–H and O–H groups in total. The van der Waals surface area contributed by atoms with Crippen molar-refractivity contribution in [3.05, 3.63) is 29.8 Å². The molecule has 0 bridgehead atoms. The zero-order valence-electron chi connectivity index (χ0n) is 10.5. The van der Waals surface area contributed by atoms with Gasteiger partial charge in [0, 0.05) is 12.5 Å². The fourth-order valence-corrected chi connectivity index (χ4v) is 3.42. The Morgan fingerprint density at radius 3 is 3.00 bits per heavy atom. The number of para-hydroxylation sites is 1. The van der Waals surface area contributed by atoms with Gasteiger partial charge in [0.2, 0.25) is 0 Å². The van der Waals surface area contributed by atoms with Gasteiger partial charge in [-0.15, -0.1) is 0 Å². The molecule has 1 aliphatic heterocycles. The minimum absolute atomic E-state index is 0.409. The predicted molar refractivity (Wildman–Crippen MR) is 69.4 cm³/mol. The van der Waals surface area contributed by atoms with Crippen LogP contribution in [-0.2, 0) is 6.42 Å². The molecule has 3 unspecified atom stereocenters. The lowest BCUT2D eigenvalue weighted by atomic mass is 9.94. The van der Waals surface area contributed by atoms with Crippen molar-refractivity contribution in [2.75, 3.05) is 7.05 Å². The van der Waals surface area contributed by atoms with Gasteiger partial charge in [-0.2, -0.15) is 0 Å². The SMILES string of the molecule is CNC1CCCC1CC1Cc2ccccc2O1. The molecule has 1 saturated carbocycles. The predicted octanol–water partition coefficient (Wildman–Crippen LogP) is 2.77. The zero-order chi connectivity index (χ0) is 11.7. The molecule has 17 heavy (non-hydrogen) atoms. The standard InChI is InChI=1S/C15H21NO/c1-16-14-7-4-6-11(14)9-13-10-12-5-2-3-8-15(12)17-13/h2-3,5,8,11,13-14,16H,4,6-7,9-10H2,1H3. The van der Waals surface area contributed by atoms with Crippen LogP contribution in [0, 0.1) is 5.92 Å². The van der Waals surface area contributed by atoms with Crippen molar-refractivity contribution in [1.29, 1.82) is 0 Å². The summed E-state index contributed by atoms with van der Waals surface area (Å²) in [6.07, 6.45) is 6.79. The highest BCUT2D eigenvalue weighted by molar-refractivity contribution is 5.37. The van der Waals surface area contributed by atoms with Crippen LogP contribution in [0.25, 0.3) is 0 Å². The number of fused-ring (bicyclic) bond motifs is 1. The van der Waals surface area contributed by atoms with Crippen LogP contribution in [0.2, 0.25) is 0 Å². The summed E-state index contributed by atoms with van der Waals surface area (Å²) in [5.74, 6) is 1.91. The van der Waals surface area contributed by atoms with Crippen molar-refractivity contribution in [1.82, 2.24) is 5.32 Å². The van der Waals surface area contributed by atoms with Crippen molar-refractivity contribution in [3.8, 4) is 5.75 Å². The van der Waals surface area contributed by atoms with Crippen LogP contribution >= 0.6 is 0 Å². The summed E-state index contributed by atoms with van der Waals surface area (Å²) in [7, 11) is 2.09. The minimum atomic E-state index is 0.409. The molecule has 3 rings (SSSR count). The molecule has 2 nitrogen and oxygen atoms in total. The molecule has 0 aromatic heterocycles. The largest absolute Gasteiger partial charge is 0.490 e. The van der Waals surface area contributed by atoms with Crippen LogP contribution < -0.4 is 10.1 Å². The molecule has 1 heterocycles. The summed E-state index contributed by atoms with van der Waals surface area (Å²) in [5, 5.41) is 3.45. The molecule has 3 atom stereocenters. The van der Waals surface area contributed by atoms with E-state index in [1.165, 1.54) is 31.2 Å². The molecule has 92 valence electrons. The number of benzene rings is 1. The first-order valence-corrected chi connectivity index (χ1v) is 6.78. The van der Waals surface area contributed by atoms with Crippen molar-refractivity contribution < 1.29 is 4.74 Å². The van der Waals surface area contributed by atoms with E-state index in [0.29, 0.717) is 12.1 Å². The van der Waals surface area contributed by atoms with Crippen LogP contribution in [0.5, 0.6) is 5.75 Å². The first kappa shape index (κ1) is 11.1. The Labute approximate surface area is 103 Å². The molecule has 2 heteroatoms. The number of ether oxygens (including phenoxy) is 1. The first-order chi connectivity index (χ1) is 8.36. The maximum Gasteiger partial charge on any atom is 0.123 e. The number of hydrogen-bond acceptors (Lipinski definition) is 2. The van der Waals surface area contributed by atoms with E-state index in [9.17, 15) is 0 Å². The van der Waals surface area contributed by atoms with E-state index in [1.807, 2.05) is 0 Å². The van der Waals surface area contributed by atoms with Crippen LogP contribution in [-0.4, -0.2) is 19.2 Å². The highest BCUT2D eigenvalue weighted by Gasteiger charge is 2.31. The average Bonchev–Trinajstić information content (AvgIpc) is 2.94. The van der Waals surface area contributed by atoms with Gasteiger partial charge in [0.1, 0.15) is 11.9 Å². The second-order valence-electron chi connectivity index (χ2n) is 5.37. The van der Waals surface area contributed by atoms with Crippen LogP contribution in [0.15, 0.2) is 24.3 Å². The van der Waals surface area contributed by atoms with E-state index in [2.05, 4.69) is 36.6 Å². The van der Waals surface area contributed by atoms with Gasteiger partial charge in [-0.3, -0.25) is 0 Å². The van der Waals surface area contributed by atoms with Crippen LogP contribution in [0.4, 0.5) is 0 Å². The molecule has 0 spiro atoms. The van der Waals surface area contributed by atoms with Gasteiger partial charge in [0.05, 0.1) is 0 Å². The number of hydrogen-bond donors (Lipinski definition) is 1.